The van der Waals surface area contributed by atoms with Crippen LogP contribution in [-0.4, -0.2) is 40.2 Å². The molecular formula is C25H25FN4O3S. The number of benzene rings is 2. The number of carbonyl (C=O) groups excluding carboxylic acids is 3. The maximum Gasteiger partial charge on any atom is 0.322 e. The lowest BCUT2D eigenvalue weighted by molar-refractivity contribution is -0.125. The van der Waals surface area contributed by atoms with Crippen molar-refractivity contribution in [1.82, 2.24) is 19.9 Å². The second kappa shape index (κ2) is 8.47. The molecule has 0 aliphatic carbocycles. The zero-order valence-corrected chi connectivity index (χ0v) is 19.7. The number of imide groups is 1. The highest BCUT2D eigenvalue weighted by Gasteiger charge is 2.50. The first kappa shape index (κ1) is 22.5. The number of halogens is 1. The fraction of sp³-hybridized carbons (Fsp3) is 0.360. The molecule has 176 valence electrons. The van der Waals surface area contributed by atoms with Crippen LogP contribution < -0.4 is 10.6 Å². The number of hydrogen-bond acceptors (Lipinski definition) is 5. The summed E-state index contributed by atoms with van der Waals surface area (Å²) in [4.78, 5) is 39.3. The first-order valence-electron chi connectivity index (χ1n) is 11.4. The molecule has 3 heterocycles. The number of urea groups is 1. The van der Waals surface area contributed by atoms with E-state index in [1.807, 2.05) is 18.7 Å². The minimum Gasteiger partial charge on any atom is -0.339 e. The number of nitrogens with zero attached hydrogens (tertiary/aromatic N) is 2. The Hall–Kier alpha value is -3.33. The van der Waals surface area contributed by atoms with Crippen LogP contribution in [0.2, 0.25) is 0 Å². The van der Waals surface area contributed by atoms with Crippen LogP contribution in [0.1, 0.15) is 54.2 Å². The van der Waals surface area contributed by atoms with Crippen molar-refractivity contribution >= 4 is 39.5 Å². The van der Waals surface area contributed by atoms with Crippen LogP contribution in [0.25, 0.3) is 10.1 Å². The average Bonchev–Trinajstić information content (AvgIpc) is 3.38. The topological polar surface area (TPSA) is 91.4 Å². The van der Waals surface area contributed by atoms with Gasteiger partial charge in [0.2, 0.25) is 0 Å². The molecule has 1 unspecified atom stereocenters. The summed E-state index contributed by atoms with van der Waals surface area (Å²) in [6.07, 6.45) is 1.59. The molecule has 3 aromatic rings. The summed E-state index contributed by atoms with van der Waals surface area (Å²) in [6, 6.07) is 11.2. The van der Waals surface area contributed by atoms with Crippen molar-refractivity contribution < 1.29 is 18.8 Å². The van der Waals surface area contributed by atoms with Crippen molar-refractivity contribution in [2.45, 2.75) is 38.1 Å². The van der Waals surface area contributed by atoms with E-state index in [9.17, 15) is 18.8 Å². The summed E-state index contributed by atoms with van der Waals surface area (Å²) in [5.41, 5.74) is 1.04. The minimum atomic E-state index is -1.14. The number of hydrogen-bond donors (Lipinski definition) is 2. The number of rotatable bonds is 4. The van der Waals surface area contributed by atoms with E-state index in [2.05, 4.69) is 15.0 Å². The molecule has 1 atom stereocenters. The van der Waals surface area contributed by atoms with Gasteiger partial charge in [-0.25, -0.2) is 9.18 Å². The zero-order chi connectivity index (χ0) is 24.0. The number of fused-ring (bicyclic) bond motifs is 1. The summed E-state index contributed by atoms with van der Waals surface area (Å²) < 4.78 is 18.9. The Morgan fingerprint density at radius 2 is 1.85 bits per heavy atom. The summed E-state index contributed by atoms with van der Waals surface area (Å²) in [5.74, 6) is -0.636. The van der Waals surface area contributed by atoms with E-state index in [1.54, 1.807) is 30.3 Å². The Morgan fingerprint density at radius 3 is 2.47 bits per heavy atom. The standard InChI is InChI=1S/C25H25FN4O3S/c1-14(2)25(23(32)27-24(33)28-25)17-5-3-16(4-6-17)22(31)30-11-9-15(10-12-30)21-19-8-7-18(26)13-20(19)34-29-21/h3-8,13-15H,9-12H2,1-2H3,(H2,27,28,32,33). The molecule has 34 heavy (non-hydrogen) atoms. The normalized spacial score (nSPS) is 21.2. The third kappa shape index (κ3) is 3.64. The van der Waals surface area contributed by atoms with E-state index >= 15 is 0 Å². The number of amides is 4. The summed E-state index contributed by atoms with van der Waals surface area (Å²) >= 11 is 1.31. The van der Waals surface area contributed by atoms with Gasteiger partial charge in [-0.3, -0.25) is 14.9 Å². The molecule has 7 nitrogen and oxygen atoms in total. The molecule has 5 rings (SSSR count). The molecule has 4 amide bonds. The Bertz CT molecular complexity index is 1280. The lowest BCUT2D eigenvalue weighted by Crippen LogP contribution is -2.48. The van der Waals surface area contributed by atoms with Gasteiger partial charge in [-0.15, -0.1) is 0 Å². The van der Waals surface area contributed by atoms with E-state index in [0.29, 0.717) is 24.2 Å². The van der Waals surface area contributed by atoms with Crippen molar-refractivity contribution in [3.63, 3.8) is 0 Å². The Morgan fingerprint density at radius 1 is 1.15 bits per heavy atom. The predicted molar refractivity (Wildman–Crippen MR) is 127 cm³/mol. The van der Waals surface area contributed by atoms with E-state index in [-0.39, 0.29) is 29.5 Å². The summed E-state index contributed by atoms with van der Waals surface area (Å²) in [6.45, 7) is 4.96. The van der Waals surface area contributed by atoms with Gasteiger partial charge in [-0.2, -0.15) is 4.37 Å². The van der Waals surface area contributed by atoms with E-state index in [1.165, 1.54) is 23.7 Å². The van der Waals surface area contributed by atoms with Crippen molar-refractivity contribution in [3.05, 3.63) is 65.1 Å². The molecule has 2 aliphatic heterocycles. The fourth-order valence-electron chi connectivity index (χ4n) is 5.05. The van der Waals surface area contributed by atoms with Crippen LogP contribution in [0.5, 0.6) is 0 Å². The Kier molecular flexibility index (Phi) is 5.59. The lowest BCUT2D eigenvalue weighted by Gasteiger charge is -2.32. The average molecular weight is 481 g/mol. The molecular weight excluding hydrogens is 455 g/mol. The van der Waals surface area contributed by atoms with Crippen molar-refractivity contribution in [1.29, 1.82) is 0 Å². The molecule has 0 radical (unpaired) electrons. The molecule has 0 spiro atoms. The van der Waals surface area contributed by atoms with E-state index in [4.69, 9.17) is 0 Å². The summed E-state index contributed by atoms with van der Waals surface area (Å²) in [7, 11) is 0. The fourth-order valence-corrected chi connectivity index (χ4v) is 5.93. The molecule has 1 aromatic heterocycles. The van der Waals surface area contributed by atoms with E-state index < -0.39 is 11.6 Å². The smallest absolute Gasteiger partial charge is 0.322 e. The number of nitrogens with one attached hydrogen (secondary N) is 2. The van der Waals surface area contributed by atoms with Gasteiger partial charge in [0.15, 0.2) is 0 Å². The van der Waals surface area contributed by atoms with Crippen LogP contribution >= 0.6 is 11.5 Å². The first-order valence-corrected chi connectivity index (χ1v) is 12.1. The van der Waals surface area contributed by atoms with Gasteiger partial charge in [-0.05, 0) is 66.2 Å². The Balaban J connectivity index is 1.28. The number of carbonyl (C=O) groups is 3. The molecule has 2 fully saturated rings. The SMILES string of the molecule is CC(C)C1(c2ccc(C(=O)N3CCC(c4nsc5cc(F)ccc45)CC3)cc2)NC(=O)NC1=O. The van der Waals surface area contributed by atoms with Crippen molar-refractivity contribution in [3.8, 4) is 0 Å². The van der Waals surface area contributed by atoms with Crippen LogP contribution in [-0.2, 0) is 10.3 Å². The second-order valence-electron chi connectivity index (χ2n) is 9.22. The van der Waals surface area contributed by atoms with Crippen LogP contribution in [0.4, 0.5) is 9.18 Å². The predicted octanol–water partition coefficient (Wildman–Crippen LogP) is 4.15. The third-order valence-corrected chi connectivity index (χ3v) is 7.80. The second-order valence-corrected chi connectivity index (χ2v) is 10.0. The number of piperidine rings is 1. The van der Waals surface area contributed by atoms with Crippen LogP contribution in [0, 0.1) is 11.7 Å². The van der Waals surface area contributed by atoms with Crippen LogP contribution in [0.15, 0.2) is 42.5 Å². The lowest BCUT2D eigenvalue weighted by atomic mass is 9.79. The molecule has 9 heteroatoms. The van der Waals surface area contributed by atoms with Gasteiger partial charge in [0.25, 0.3) is 11.8 Å². The molecule has 2 N–H and O–H groups in total. The van der Waals surface area contributed by atoms with Gasteiger partial charge >= 0.3 is 6.03 Å². The highest BCUT2D eigenvalue weighted by molar-refractivity contribution is 7.13. The monoisotopic (exact) mass is 480 g/mol. The first-order chi connectivity index (χ1) is 16.3. The minimum absolute atomic E-state index is 0.0614. The third-order valence-electron chi connectivity index (χ3n) is 6.98. The maximum atomic E-state index is 13.5. The Labute approximate surface area is 200 Å². The van der Waals surface area contributed by atoms with Gasteiger partial charge in [0, 0.05) is 30.0 Å². The molecule has 0 saturated carbocycles. The van der Waals surface area contributed by atoms with Crippen LogP contribution in [0.3, 0.4) is 0 Å². The molecule has 2 aromatic carbocycles. The largest absolute Gasteiger partial charge is 0.339 e. The molecule has 0 bridgehead atoms. The van der Waals surface area contributed by atoms with E-state index in [0.717, 1.165) is 28.6 Å². The maximum absolute atomic E-state index is 13.5. The highest BCUT2D eigenvalue weighted by atomic mass is 32.1. The van der Waals surface area contributed by atoms with Gasteiger partial charge in [0.1, 0.15) is 11.4 Å². The number of aromatic nitrogens is 1. The van der Waals surface area contributed by atoms with Gasteiger partial charge in [-0.1, -0.05) is 26.0 Å². The zero-order valence-electron chi connectivity index (χ0n) is 18.9. The van der Waals surface area contributed by atoms with Crippen molar-refractivity contribution in [2.75, 3.05) is 13.1 Å². The van der Waals surface area contributed by atoms with Gasteiger partial charge in [0.05, 0.1) is 10.4 Å². The molecule has 2 aliphatic rings. The number of likely N-dealkylation sites (tertiary alicyclic amines) is 1. The molecule has 2 saturated heterocycles. The van der Waals surface area contributed by atoms with Gasteiger partial charge < -0.3 is 10.2 Å². The summed E-state index contributed by atoms with van der Waals surface area (Å²) in [5, 5.41) is 6.07. The van der Waals surface area contributed by atoms with Crippen molar-refractivity contribution in [2.24, 2.45) is 5.92 Å². The highest BCUT2D eigenvalue weighted by Crippen LogP contribution is 2.36. The quantitative estimate of drug-likeness (QED) is 0.549.